The first-order valence-electron chi connectivity index (χ1n) is 9.61. The summed E-state index contributed by atoms with van der Waals surface area (Å²) in [7, 11) is 2.96. The lowest BCUT2D eigenvalue weighted by Crippen LogP contribution is -2.38. The van der Waals surface area contributed by atoms with E-state index < -0.39 is 11.2 Å². The van der Waals surface area contributed by atoms with Crippen LogP contribution in [0.5, 0.6) is 0 Å². The molecule has 0 unspecified atom stereocenters. The molecule has 0 saturated carbocycles. The van der Waals surface area contributed by atoms with Crippen LogP contribution in [0.25, 0.3) is 11.2 Å². The maximum Gasteiger partial charge on any atom is 0.332 e. The lowest BCUT2D eigenvalue weighted by Gasteiger charge is -2.23. The van der Waals surface area contributed by atoms with E-state index in [1.54, 1.807) is 7.05 Å². The molecule has 154 valence electrons. The fraction of sp³-hybridized carbons (Fsp3) is 0.400. The van der Waals surface area contributed by atoms with Gasteiger partial charge in [0.15, 0.2) is 11.2 Å². The molecular formula is C20H26N6O3. The van der Waals surface area contributed by atoms with Gasteiger partial charge in [0, 0.05) is 39.4 Å². The summed E-state index contributed by atoms with van der Waals surface area (Å²) in [6.45, 7) is 4.33. The van der Waals surface area contributed by atoms with Crippen LogP contribution in [0.15, 0.2) is 46.2 Å². The van der Waals surface area contributed by atoms with Crippen molar-refractivity contribution in [1.82, 2.24) is 24.0 Å². The van der Waals surface area contributed by atoms with Crippen molar-refractivity contribution in [3.63, 3.8) is 0 Å². The van der Waals surface area contributed by atoms with Gasteiger partial charge in [0.25, 0.3) is 5.56 Å². The maximum absolute atomic E-state index is 12.4. The SMILES string of the molecule is CCN(CCCNC(=O)Cn1cnc2c1c(=O)n(C)c(=O)n2C)c1ccccc1. The molecule has 1 aromatic carbocycles. The number of benzene rings is 1. The van der Waals surface area contributed by atoms with Crippen molar-refractivity contribution in [2.75, 3.05) is 24.5 Å². The topological polar surface area (TPSA) is 94.2 Å². The molecule has 0 aliphatic rings. The van der Waals surface area contributed by atoms with Crippen LogP contribution in [0, 0.1) is 0 Å². The van der Waals surface area contributed by atoms with Gasteiger partial charge in [-0.1, -0.05) is 18.2 Å². The van der Waals surface area contributed by atoms with Gasteiger partial charge >= 0.3 is 5.69 Å². The minimum atomic E-state index is -0.463. The van der Waals surface area contributed by atoms with E-state index in [1.807, 2.05) is 18.2 Å². The number of anilines is 1. The number of carbonyl (C=O) groups excluding carboxylic acids is 1. The Balaban J connectivity index is 1.59. The third-order valence-corrected chi connectivity index (χ3v) is 4.96. The maximum atomic E-state index is 12.4. The Labute approximate surface area is 168 Å². The van der Waals surface area contributed by atoms with Gasteiger partial charge in [-0.05, 0) is 25.5 Å². The van der Waals surface area contributed by atoms with Gasteiger partial charge < -0.3 is 14.8 Å². The van der Waals surface area contributed by atoms with Gasteiger partial charge in [0.2, 0.25) is 5.91 Å². The van der Waals surface area contributed by atoms with Crippen LogP contribution in [0.2, 0.25) is 0 Å². The second-order valence-corrected chi connectivity index (χ2v) is 6.87. The number of fused-ring (bicyclic) bond motifs is 1. The third-order valence-electron chi connectivity index (χ3n) is 4.96. The third kappa shape index (κ3) is 4.23. The van der Waals surface area contributed by atoms with E-state index in [0.29, 0.717) is 6.54 Å². The Kier molecular flexibility index (Phi) is 6.16. The average molecular weight is 398 g/mol. The van der Waals surface area contributed by atoms with Crippen LogP contribution in [0.1, 0.15) is 13.3 Å². The zero-order chi connectivity index (χ0) is 21.0. The molecule has 9 nitrogen and oxygen atoms in total. The Morgan fingerprint density at radius 2 is 1.86 bits per heavy atom. The summed E-state index contributed by atoms with van der Waals surface area (Å²) >= 11 is 0. The van der Waals surface area contributed by atoms with Gasteiger partial charge in [0.05, 0.1) is 6.33 Å². The molecule has 2 aromatic heterocycles. The van der Waals surface area contributed by atoms with E-state index >= 15 is 0 Å². The molecule has 9 heteroatoms. The number of aryl methyl sites for hydroxylation is 1. The number of nitrogens with zero attached hydrogens (tertiary/aromatic N) is 5. The standard InChI is InChI=1S/C20H26N6O3/c1-4-25(15-9-6-5-7-10-15)12-8-11-21-16(27)13-26-14-22-18-17(26)19(28)24(3)20(29)23(18)2/h5-7,9-10,14H,4,8,11-13H2,1-3H3,(H,21,27). The molecule has 0 bridgehead atoms. The molecule has 0 spiro atoms. The van der Waals surface area contributed by atoms with E-state index in [4.69, 9.17) is 0 Å². The summed E-state index contributed by atoms with van der Waals surface area (Å²) in [6.07, 6.45) is 2.22. The first kappa shape index (κ1) is 20.4. The van der Waals surface area contributed by atoms with Crippen molar-refractivity contribution in [2.45, 2.75) is 19.9 Å². The summed E-state index contributed by atoms with van der Waals surface area (Å²) in [5.74, 6) is -0.206. The highest BCUT2D eigenvalue weighted by Crippen LogP contribution is 2.12. The predicted molar refractivity (Wildman–Crippen MR) is 112 cm³/mol. The lowest BCUT2D eigenvalue weighted by molar-refractivity contribution is -0.121. The van der Waals surface area contributed by atoms with Crippen molar-refractivity contribution in [3.8, 4) is 0 Å². The molecule has 3 aromatic rings. The fourth-order valence-corrected chi connectivity index (χ4v) is 3.33. The van der Waals surface area contributed by atoms with Crippen molar-refractivity contribution in [3.05, 3.63) is 57.5 Å². The quantitative estimate of drug-likeness (QED) is 0.557. The normalized spacial score (nSPS) is 11.0. The molecule has 1 N–H and O–H groups in total. The number of nitrogens with one attached hydrogen (secondary N) is 1. The highest BCUT2D eigenvalue weighted by molar-refractivity contribution is 5.78. The largest absolute Gasteiger partial charge is 0.372 e. The Hall–Kier alpha value is -3.36. The minimum Gasteiger partial charge on any atom is -0.372 e. The molecule has 0 saturated heterocycles. The highest BCUT2D eigenvalue weighted by atomic mass is 16.2. The molecule has 3 rings (SSSR count). The summed E-state index contributed by atoms with van der Waals surface area (Å²) < 4.78 is 3.80. The van der Waals surface area contributed by atoms with Crippen molar-refractivity contribution >= 4 is 22.8 Å². The van der Waals surface area contributed by atoms with Crippen molar-refractivity contribution in [1.29, 1.82) is 0 Å². The Morgan fingerprint density at radius 1 is 1.14 bits per heavy atom. The number of carbonyl (C=O) groups is 1. The molecular weight excluding hydrogens is 372 g/mol. The number of aromatic nitrogens is 4. The minimum absolute atomic E-state index is 0.0277. The summed E-state index contributed by atoms with van der Waals surface area (Å²) in [5, 5.41) is 2.89. The van der Waals surface area contributed by atoms with Crippen molar-refractivity contribution in [2.24, 2.45) is 14.1 Å². The highest BCUT2D eigenvalue weighted by Gasteiger charge is 2.15. The van der Waals surface area contributed by atoms with Gasteiger partial charge in [0.1, 0.15) is 6.54 Å². The van der Waals surface area contributed by atoms with Crippen LogP contribution < -0.4 is 21.5 Å². The monoisotopic (exact) mass is 398 g/mol. The van der Waals surface area contributed by atoms with Crippen LogP contribution in [0.3, 0.4) is 0 Å². The number of hydrogen-bond acceptors (Lipinski definition) is 5. The molecule has 0 radical (unpaired) electrons. The van der Waals surface area contributed by atoms with E-state index in [0.717, 1.165) is 29.8 Å². The Morgan fingerprint density at radius 3 is 2.55 bits per heavy atom. The van der Waals surface area contributed by atoms with E-state index in [9.17, 15) is 14.4 Å². The lowest BCUT2D eigenvalue weighted by atomic mass is 10.2. The first-order chi connectivity index (χ1) is 13.9. The van der Waals surface area contributed by atoms with Gasteiger partial charge in [-0.2, -0.15) is 0 Å². The predicted octanol–water partition coefficient (Wildman–Crippen LogP) is 0.467. The van der Waals surface area contributed by atoms with Crippen LogP contribution >= 0.6 is 0 Å². The summed E-state index contributed by atoms with van der Waals surface area (Å²) in [6, 6.07) is 10.1. The molecule has 0 fully saturated rings. The zero-order valence-corrected chi connectivity index (χ0v) is 17.0. The summed E-state index contributed by atoms with van der Waals surface area (Å²) in [4.78, 5) is 43.1. The molecule has 2 heterocycles. The smallest absolute Gasteiger partial charge is 0.332 e. The van der Waals surface area contributed by atoms with Gasteiger partial charge in [-0.15, -0.1) is 0 Å². The average Bonchev–Trinajstić information content (AvgIpc) is 3.15. The second kappa shape index (κ2) is 8.76. The fourth-order valence-electron chi connectivity index (χ4n) is 3.33. The van der Waals surface area contributed by atoms with Gasteiger partial charge in [-0.25, -0.2) is 9.78 Å². The van der Waals surface area contributed by atoms with Crippen LogP contribution in [-0.4, -0.2) is 44.2 Å². The van der Waals surface area contributed by atoms with Crippen molar-refractivity contribution < 1.29 is 4.79 Å². The first-order valence-corrected chi connectivity index (χ1v) is 9.61. The second-order valence-electron chi connectivity index (χ2n) is 6.87. The molecule has 0 aliphatic heterocycles. The number of imidazole rings is 1. The number of para-hydroxylation sites is 1. The van der Waals surface area contributed by atoms with E-state index in [1.165, 1.54) is 22.5 Å². The molecule has 0 aliphatic carbocycles. The van der Waals surface area contributed by atoms with Gasteiger partial charge in [-0.3, -0.25) is 18.7 Å². The number of amides is 1. The zero-order valence-electron chi connectivity index (χ0n) is 17.0. The van der Waals surface area contributed by atoms with E-state index in [2.05, 4.69) is 34.3 Å². The number of hydrogen-bond donors (Lipinski definition) is 1. The molecule has 29 heavy (non-hydrogen) atoms. The number of rotatable bonds is 8. The Bertz CT molecular complexity index is 1110. The van der Waals surface area contributed by atoms with Crippen LogP contribution in [-0.2, 0) is 25.4 Å². The molecule has 0 atom stereocenters. The van der Waals surface area contributed by atoms with Crippen LogP contribution in [0.4, 0.5) is 5.69 Å². The van der Waals surface area contributed by atoms with E-state index in [-0.39, 0.29) is 23.6 Å². The molecule has 1 amide bonds. The summed E-state index contributed by atoms with van der Waals surface area (Å²) in [5.41, 5.74) is 0.761.